The zero-order valence-electron chi connectivity index (χ0n) is 15.1. The average molecular weight is 351 g/mol. The molecule has 0 spiro atoms. The normalized spacial score (nSPS) is 13.7. The first-order chi connectivity index (χ1) is 12.3. The summed E-state index contributed by atoms with van der Waals surface area (Å²) in [6.07, 6.45) is 0. The van der Waals surface area contributed by atoms with Crippen LogP contribution in [0.2, 0.25) is 0 Å². The van der Waals surface area contributed by atoms with Crippen LogP contribution in [0.3, 0.4) is 0 Å². The minimum Gasteiger partial charge on any atom is -0.459 e. The van der Waals surface area contributed by atoms with E-state index in [0.29, 0.717) is 11.3 Å². The summed E-state index contributed by atoms with van der Waals surface area (Å²) in [5.41, 5.74) is 2.91. The molecule has 0 atom stereocenters. The van der Waals surface area contributed by atoms with Crippen LogP contribution in [0.4, 0.5) is 5.69 Å². The van der Waals surface area contributed by atoms with Crippen LogP contribution in [0.1, 0.15) is 42.3 Å². The van der Waals surface area contributed by atoms with Gasteiger partial charge in [0.2, 0.25) is 0 Å². The van der Waals surface area contributed by atoms with Crippen LogP contribution in [0.25, 0.3) is 0 Å². The Hall–Kier alpha value is -2.95. The summed E-state index contributed by atoms with van der Waals surface area (Å²) in [4.78, 5) is 37.3. The first-order valence-corrected chi connectivity index (χ1v) is 8.47. The molecule has 1 heterocycles. The Bertz CT molecular complexity index is 862. The Morgan fingerprint density at radius 2 is 1.65 bits per heavy atom. The van der Waals surface area contributed by atoms with Crippen LogP contribution in [0.5, 0.6) is 0 Å². The number of fused-ring (bicyclic) bond motifs is 1. The quantitative estimate of drug-likeness (QED) is 0.626. The molecule has 0 bridgehead atoms. The van der Waals surface area contributed by atoms with E-state index in [2.05, 4.69) is 20.8 Å². The number of rotatable bonds is 4. The Labute approximate surface area is 152 Å². The highest BCUT2D eigenvalue weighted by Crippen LogP contribution is 2.28. The predicted octanol–water partition coefficient (Wildman–Crippen LogP) is 3.26. The van der Waals surface area contributed by atoms with Crippen molar-refractivity contribution in [1.29, 1.82) is 0 Å². The summed E-state index contributed by atoms with van der Waals surface area (Å²) < 4.78 is 5.27. The molecule has 0 aromatic heterocycles. The number of hydrogen-bond donors (Lipinski definition) is 0. The second-order valence-electron chi connectivity index (χ2n) is 7.35. The molecule has 1 amide bonds. The summed E-state index contributed by atoms with van der Waals surface area (Å²) in [5, 5.41) is 0. The molecule has 0 unspecified atom stereocenters. The van der Waals surface area contributed by atoms with Gasteiger partial charge >= 0.3 is 5.97 Å². The number of ketones is 1. The van der Waals surface area contributed by atoms with E-state index < -0.39 is 17.7 Å². The first-order valence-electron chi connectivity index (χ1n) is 8.47. The highest BCUT2D eigenvalue weighted by atomic mass is 16.5. The zero-order valence-corrected chi connectivity index (χ0v) is 15.1. The molecule has 0 radical (unpaired) electrons. The molecule has 1 aliphatic heterocycles. The first kappa shape index (κ1) is 17.9. The third-order valence-electron chi connectivity index (χ3n) is 4.39. The third kappa shape index (κ3) is 3.52. The van der Waals surface area contributed by atoms with Gasteiger partial charge in [0.05, 0.1) is 11.3 Å². The fraction of sp³-hybridized carbons (Fsp3) is 0.286. The van der Waals surface area contributed by atoms with E-state index in [1.807, 2.05) is 24.3 Å². The van der Waals surface area contributed by atoms with Crippen molar-refractivity contribution >= 4 is 23.3 Å². The number of amides is 1. The molecular formula is C21H21NO4. The van der Waals surface area contributed by atoms with Gasteiger partial charge in [0.25, 0.3) is 11.7 Å². The summed E-state index contributed by atoms with van der Waals surface area (Å²) >= 11 is 0. The maximum absolute atomic E-state index is 12.1. The maximum atomic E-state index is 12.1. The minimum atomic E-state index is -0.697. The number of hydrogen-bond acceptors (Lipinski definition) is 4. The molecule has 0 saturated carbocycles. The molecule has 0 N–H and O–H groups in total. The number of carbonyl (C=O) groups is 3. The number of ether oxygens (including phenoxy) is 1. The molecule has 0 aliphatic carbocycles. The van der Waals surface area contributed by atoms with Crippen molar-refractivity contribution in [1.82, 2.24) is 0 Å². The van der Waals surface area contributed by atoms with E-state index in [4.69, 9.17) is 4.74 Å². The molecule has 2 aromatic rings. The lowest BCUT2D eigenvalue weighted by Gasteiger charge is -2.19. The third-order valence-corrected chi connectivity index (χ3v) is 4.39. The summed E-state index contributed by atoms with van der Waals surface area (Å²) in [6, 6.07) is 14.5. The van der Waals surface area contributed by atoms with Gasteiger partial charge in [-0.15, -0.1) is 0 Å². The number of esters is 1. The summed E-state index contributed by atoms with van der Waals surface area (Å²) in [7, 11) is 0. The van der Waals surface area contributed by atoms with Crippen molar-refractivity contribution in [3.63, 3.8) is 0 Å². The lowest BCUT2D eigenvalue weighted by molar-refractivity contribution is -0.143. The molecule has 0 saturated heterocycles. The minimum absolute atomic E-state index is 0.0608. The van der Waals surface area contributed by atoms with Gasteiger partial charge in [-0.1, -0.05) is 57.2 Å². The van der Waals surface area contributed by atoms with Gasteiger partial charge in [0, 0.05) is 0 Å². The number of benzene rings is 2. The number of nitrogens with zero attached hydrogens (tertiary/aromatic N) is 1. The van der Waals surface area contributed by atoms with Crippen LogP contribution < -0.4 is 4.90 Å². The van der Waals surface area contributed by atoms with E-state index >= 15 is 0 Å². The molecule has 5 heteroatoms. The molecule has 2 aromatic carbocycles. The second kappa shape index (κ2) is 6.75. The van der Waals surface area contributed by atoms with Crippen molar-refractivity contribution in [2.75, 3.05) is 11.4 Å². The Balaban J connectivity index is 1.61. The maximum Gasteiger partial charge on any atom is 0.326 e. The monoisotopic (exact) mass is 351 g/mol. The van der Waals surface area contributed by atoms with Crippen LogP contribution in [0, 0.1) is 0 Å². The van der Waals surface area contributed by atoms with Crippen molar-refractivity contribution in [3.05, 3.63) is 65.2 Å². The highest BCUT2D eigenvalue weighted by molar-refractivity contribution is 6.52. The number of carbonyl (C=O) groups excluding carboxylic acids is 3. The number of para-hydroxylation sites is 1. The smallest absolute Gasteiger partial charge is 0.326 e. The van der Waals surface area contributed by atoms with E-state index in [9.17, 15) is 14.4 Å². The van der Waals surface area contributed by atoms with Gasteiger partial charge < -0.3 is 4.74 Å². The van der Waals surface area contributed by atoms with Crippen LogP contribution in [-0.2, 0) is 26.3 Å². The average Bonchev–Trinajstić information content (AvgIpc) is 2.85. The van der Waals surface area contributed by atoms with Crippen molar-refractivity contribution in [3.8, 4) is 0 Å². The predicted molar refractivity (Wildman–Crippen MR) is 98.1 cm³/mol. The lowest BCUT2D eigenvalue weighted by atomic mass is 9.87. The molecule has 0 fully saturated rings. The van der Waals surface area contributed by atoms with Crippen LogP contribution in [-0.4, -0.2) is 24.2 Å². The standard InChI is InChI=1S/C21H21NO4/c1-21(2,3)15-10-8-14(9-11-15)13-26-18(23)12-22-17-7-5-4-6-16(17)19(24)20(22)25/h4-11H,12-13H2,1-3H3. The largest absolute Gasteiger partial charge is 0.459 e. The fourth-order valence-corrected chi connectivity index (χ4v) is 2.84. The van der Waals surface area contributed by atoms with Crippen LogP contribution >= 0.6 is 0 Å². The Kier molecular flexibility index (Phi) is 4.64. The van der Waals surface area contributed by atoms with Crippen LogP contribution in [0.15, 0.2) is 48.5 Å². The lowest BCUT2D eigenvalue weighted by Crippen LogP contribution is -2.35. The molecule has 134 valence electrons. The van der Waals surface area contributed by atoms with Gasteiger partial charge in [-0.2, -0.15) is 0 Å². The van der Waals surface area contributed by atoms with Gasteiger partial charge in [0.1, 0.15) is 13.2 Å². The Morgan fingerprint density at radius 1 is 1.00 bits per heavy atom. The summed E-state index contributed by atoms with van der Waals surface area (Å²) in [5.74, 6) is -1.84. The van der Waals surface area contributed by atoms with Gasteiger partial charge in [-0.05, 0) is 28.7 Å². The highest BCUT2D eigenvalue weighted by Gasteiger charge is 2.36. The molecule has 26 heavy (non-hydrogen) atoms. The van der Waals surface area contributed by atoms with Crippen molar-refractivity contribution < 1.29 is 19.1 Å². The summed E-state index contributed by atoms with van der Waals surface area (Å²) in [6.45, 7) is 6.25. The van der Waals surface area contributed by atoms with E-state index in [0.717, 1.165) is 5.56 Å². The number of Topliss-reactive ketones (excluding diaryl/α,β-unsaturated/α-hetero) is 1. The van der Waals surface area contributed by atoms with Gasteiger partial charge in [-0.25, -0.2) is 0 Å². The van der Waals surface area contributed by atoms with Crippen molar-refractivity contribution in [2.24, 2.45) is 0 Å². The molecule has 5 nitrogen and oxygen atoms in total. The molecular weight excluding hydrogens is 330 g/mol. The van der Waals surface area contributed by atoms with Gasteiger partial charge in [0.15, 0.2) is 0 Å². The number of anilines is 1. The second-order valence-corrected chi connectivity index (χ2v) is 7.35. The van der Waals surface area contributed by atoms with Gasteiger partial charge in [-0.3, -0.25) is 19.3 Å². The molecule has 3 rings (SSSR count). The fourth-order valence-electron chi connectivity index (χ4n) is 2.84. The van der Waals surface area contributed by atoms with E-state index in [1.165, 1.54) is 10.5 Å². The Morgan fingerprint density at radius 3 is 2.31 bits per heavy atom. The molecule has 1 aliphatic rings. The zero-order chi connectivity index (χ0) is 18.9. The SMILES string of the molecule is CC(C)(C)c1ccc(COC(=O)CN2C(=O)C(=O)c3ccccc32)cc1. The van der Waals surface area contributed by atoms with E-state index in [-0.39, 0.29) is 18.6 Å². The van der Waals surface area contributed by atoms with E-state index in [1.54, 1.807) is 24.3 Å². The topological polar surface area (TPSA) is 63.7 Å². The van der Waals surface area contributed by atoms with Crippen molar-refractivity contribution in [2.45, 2.75) is 32.8 Å².